The van der Waals surface area contributed by atoms with Crippen LogP contribution in [0.2, 0.25) is 5.02 Å². The highest BCUT2D eigenvalue weighted by Crippen LogP contribution is 2.25. The molecule has 0 saturated heterocycles. The van der Waals surface area contributed by atoms with Gasteiger partial charge in [-0.15, -0.1) is 0 Å². The number of pyridine rings is 1. The standard InChI is InChI=1S/C19H20ClF3N2O5S/c1-25(7-4-8-29-14-5-3-6-15(10-14)31(2,27)28)18(26)13-9-16(20)17(24-11-13)30-12-19(21,22)23/h3,5-6,9-11H,4,7-8,12H2,1-2H3. The van der Waals surface area contributed by atoms with Crippen LogP contribution in [0.3, 0.4) is 0 Å². The van der Waals surface area contributed by atoms with Crippen LogP contribution in [0.15, 0.2) is 41.4 Å². The fourth-order valence-electron chi connectivity index (χ4n) is 2.41. The Morgan fingerprint density at radius 3 is 2.55 bits per heavy atom. The molecule has 0 spiro atoms. The van der Waals surface area contributed by atoms with Crippen LogP contribution in [0.5, 0.6) is 11.6 Å². The summed E-state index contributed by atoms with van der Waals surface area (Å²) in [5.74, 6) is -0.457. The maximum atomic E-state index is 12.4. The van der Waals surface area contributed by atoms with E-state index in [1.165, 1.54) is 30.1 Å². The third kappa shape index (κ3) is 7.91. The number of aromatic nitrogens is 1. The molecular weight excluding hydrogens is 461 g/mol. The Labute approximate surface area is 182 Å². The minimum Gasteiger partial charge on any atom is -0.493 e. The Morgan fingerprint density at radius 2 is 1.94 bits per heavy atom. The number of rotatable bonds is 9. The lowest BCUT2D eigenvalue weighted by Crippen LogP contribution is -2.28. The van der Waals surface area contributed by atoms with Crippen molar-refractivity contribution >= 4 is 27.3 Å². The Morgan fingerprint density at radius 1 is 1.23 bits per heavy atom. The van der Waals surface area contributed by atoms with Gasteiger partial charge in [0.2, 0.25) is 5.88 Å². The van der Waals surface area contributed by atoms with Crippen LogP contribution in [-0.4, -0.2) is 63.4 Å². The van der Waals surface area contributed by atoms with Crippen LogP contribution in [0.1, 0.15) is 16.8 Å². The Balaban J connectivity index is 1.86. The van der Waals surface area contributed by atoms with Crippen molar-refractivity contribution in [1.29, 1.82) is 0 Å². The summed E-state index contributed by atoms with van der Waals surface area (Å²) in [5.41, 5.74) is 0.0913. The second-order valence-corrected chi connectivity index (χ2v) is 9.01. The van der Waals surface area contributed by atoms with Gasteiger partial charge >= 0.3 is 6.18 Å². The minimum atomic E-state index is -4.53. The van der Waals surface area contributed by atoms with Crippen LogP contribution in [0.4, 0.5) is 13.2 Å². The number of hydrogen-bond donors (Lipinski definition) is 0. The lowest BCUT2D eigenvalue weighted by molar-refractivity contribution is -0.154. The first kappa shape index (κ1) is 24.7. The van der Waals surface area contributed by atoms with Crippen molar-refractivity contribution in [2.24, 2.45) is 0 Å². The van der Waals surface area contributed by atoms with Crippen LogP contribution in [0.25, 0.3) is 0 Å². The quantitative estimate of drug-likeness (QED) is 0.510. The van der Waals surface area contributed by atoms with Gasteiger partial charge in [-0.1, -0.05) is 17.7 Å². The lowest BCUT2D eigenvalue weighted by Gasteiger charge is -2.18. The van der Waals surface area contributed by atoms with Gasteiger partial charge in [-0.25, -0.2) is 13.4 Å². The maximum Gasteiger partial charge on any atom is 0.422 e. The molecule has 0 bridgehead atoms. The van der Waals surface area contributed by atoms with Gasteiger partial charge in [0.05, 0.1) is 17.1 Å². The summed E-state index contributed by atoms with van der Waals surface area (Å²) in [7, 11) is -1.81. The monoisotopic (exact) mass is 480 g/mol. The fraction of sp³-hybridized carbons (Fsp3) is 0.368. The molecule has 31 heavy (non-hydrogen) atoms. The molecule has 1 aromatic carbocycles. The molecule has 0 radical (unpaired) electrons. The Hall–Kier alpha value is -2.53. The molecule has 0 unspecified atom stereocenters. The molecule has 0 aliphatic heterocycles. The van der Waals surface area contributed by atoms with Crippen molar-refractivity contribution in [1.82, 2.24) is 9.88 Å². The third-order valence-corrected chi connectivity index (χ3v) is 5.29. The fourth-order valence-corrected chi connectivity index (χ4v) is 3.28. The topological polar surface area (TPSA) is 85.8 Å². The van der Waals surface area contributed by atoms with Crippen LogP contribution in [-0.2, 0) is 9.84 Å². The lowest BCUT2D eigenvalue weighted by atomic mass is 10.2. The predicted molar refractivity (Wildman–Crippen MR) is 107 cm³/mol. The van der Waals surface area contributed by atoms with E-state index in [0.717, 1.165) is 12.5 Å². The van der Waals surface area contributed by atoms with E-state index in [0.29, 0.717) is 18.7 Å². The van der Waals surface area contributed by atoms with Crippen molar-refractivity contribution in [3.63, 3.8) is 0 Å². The van der Waals surface area contributed by atoms with E-state index in [4.69, 9.17) is 16.3 Å². The van der Waals surface area contributed by atoms with Crippen LogP contribution in [0, 0.1) is 0 Å². The Bertz CT molecular complexity index is 1030. The van der Waals surface area contributed by atoms with Crippen molar-refractivity contribution < 1.29 is 35.9 Å². The van der Waals surface area contributed by atoms with Gasteiger partial charge in [0.15, 0.2) is 16.4 Å². The highest BCUT2D eigenvalue weighted by Gasteiger charge is 2.29. The van der Waals surface area contributed by atoms with Gasteiger partial charge in [-0.3, -0.25) is 4.79 Å². The smallest absolute Gasteiger partial charge is 0.422 e. The summed E-state index contributed by atoms with van der Waals surface area (Å²) in [4.78, 5) is 17.6. The largest absolute Gasteiger partial charge is 0.493 e. The zero-order chi connectivity index (χ0) is 23.2. The number of halogens is 4. The van der Waals surface area contributed by atoms with Gasteiger partial charge in [0.25, 0.3) is 5.91 Å². The van der Waals surface area contributed by atoms with E-state index in [1.807, 2.05) is 0 Å². The first-order valence-electron chi connectivity index (χ1n) is 8.90. The second kappa shape index (κ2) is 10.2. The maximum absolute atomic E-state index is 12.4. The number of sulfone groups is 1. The molecule has 0 N–H and O–H groups in total. The molecule has 0 atom stereocenters. The number of hydrogen-bond acceptors (Lipinski definition) is 6. The van der Waals surface area contributed by atoms with Gasteiger partial charge in [-0.05, 0) is 30.7 Å². The molecular formula is C19H20ClF3N2O5S. The normalized spacial score (nSPS) is 11.8. The van der Waals surface area contributed by atoms with Gasteiger partial charge < -0.3 is 14.4 Å². The number of amides is 1. The number of nitrogens with zero attached hydrogens (tertiary/aromatic N) is 2. The van der Waals surface area contributed by atoms with Gasteiger partial charge in [0.1, 0.15) is 10.8 Å². The summed E-state index contributed by atoms with van der Waals surface area (Å²) >= 11 is 5.86. The van der Waals surface area contributed by atoms with Crippen molar-refractivity contribution in [2.45, 2.75) is 17.5 Å². The average Bonchev–Trinajstić information content (AvgIpc) is 2.68. The molecule has 0 fully saturated rings. The zero-order valence-corrected chi connectivity index (χ0v) is 18.2. The molecule has 0 aliphatic rings. The van der Waals surface area contributed by atoms with E-state index in [1.54, 1.807) is 12.1 Å². The van der Waals surface area contributed by atoms with Gasteiger partial charge in [0, 0.05) is 26.0 Å². The summed E-state index contributed by atoms with van der Waals surface area (Å²) in [6.07, 6.45) is -1.90. The van der Waals surface area contributed by atoms with Crippen molar-refractivity contribution in [3.05, 3.63) is 47.1 Å². The summed E-state index contributed by atoms with van der Waals surface area (Å²) in [5, 5.41) is -0.211. The van der Waals surface area contributed by atoms with Gasteiger partial charge in [-0.2, -0.15) is 13.2 Å². The van der Waals surface area contributed by atoms with E-state index in [-0.39, 0.29) is 22.1 Å². The number of alkyl halides is 3. The molecule has 170 valence electrons. The molecule has 2 aromatic rings. The molecule has 0 saturated carbocycles. The van der Waals surface area contributed by atoms with E-state index >= 15 is 0 Å². The highest BCUT2D eigenvalue weighted by molar-refractivity contribution is 7.90. The first-order valence-corrected chi connectivity index (χ1v) is 11.2. The van der Waals surface area contributed by atoms with E-state index in [2.05, 4.69) is 9.72 Å². The number of carbonyl (C=O) groups excluding carboxylic acids is 1. The molecule has 1 heterocycles. The highest BCUT2D eigenvalue weighted by atomic mass is 35.5. The third-order valence-electron chi connectivity index (χ3n) is 3.91. The van der Waals surface area contributed by atoms with Crippen molar-refractivity contribution in [2.75, 3.05) is 33.1 Å². The van der Waals surface area contributed by atoms with Crippen LogP contribution >= 0.6 is 11.6 Å². The summed E-state index contributed by atoms with van der Waals surface area (Å²) in [6.45, 7) is -1.01. The number of benzene rings is 1. The average molecular weight is 481 g/mol. The Kier molecular flexibility index (Phi) is 8.13. The predicted octanol–water partition coefficient (Wildman–Crippen LogP) is 3.62. The second-order valence-electron chi connectivity index (χ2n) is 6.59. The van der Waals surface area contributed by atoms with Crippen LogP contribution < -0.4 is 9.47 Å². The van der Waals surface area contributed by atoms with E-state index in [9.17, 15) is 26.4 Å². The SMILES string of the molecule is CN(CCCOc1cccc(S(C)(=O)=O)c1)C(=O)c1cnc(OCC(F)(F)F)c(Cl)c1. The molecule has 0 aliphatic carbocycles. The zero-order valence-electron chi connectivity index (χ0n) is 16.6. The number of ether oxygens (including phenoxy) is 2. The minimum absolute atomic E-state index is 0.0913. The molecule has 7 nitrogen and oxygen atoms in total. The molecule has 1 amide bonds. The summed E-state index contributed by atoms with van der Waals surface area (Å²) in [6, 6.07) is 7.26. The van der Waals surface area contributed by atoms with E-state index < -0.39 is 34.4 Å². The summed E-state index contributed by atoms with van der Waals surface area (Å²) < 4.78 is 69.8. The molecule has 2 rings (SSSR count). The number of carbonyl (C=O) groups is 1. The molecule has 12 heteroatoms. The molecule has 1 aromatic heterocycles. The first-order chi connectivity index (χ1) is 14.4. The van der Waals surface area contributed by atoms with Crippen molar-refractivity contribution in [3.8, 4) is 11.6 Å².